The molecule has 0 saturated carbocycles. The molecule has 170 valence electrons. The van der Waals surface area contributed by atoms with Crippen molar-refractivity contribution in [3.05, 3.63) is 104 Å². The van der Waals surface area contributed by atoms with E-state index in [-0.39, 0.29) is 11.5 Å². The number of benzene rings is 3. The van der Waals surface area contributed by atoms with Crippen molar-refractivity contribution in [1.29, 1.82) is 5.26 Å². The van der Waals surface area contributed by atoms with Crippen LogP contribution in [0.4, 0.5) is 11.4 Å². The van der Waals surface area contributed by atoms with Crippen molar-refractivity contribution in [3.8, 4) is 6.07 Å². The second-order valence-corrected chi connectivity index (χ2v) is 10.2. The maximum Gasteiger partial charge on any atom is 0.269 e. The second kappa shape index (κ2) is 10.5. The van der Waals surface area contributed by atoms with Gasteiger partial charge in [0.25, 0.3) is 5.91 Å². The molecule has 1 heterocycles. The lowest BCUT2D eigenvalue weighted by atomic mass is 10.0. The fraction of sp³-hybridized carbons (Fsp3) is 0.115. The highest BCUT2D eigenvalue weighted by Gasteiger charge is 2.41. The van der Waals surface area contributed by atoms with E-state index in [1.54, 1.807) is 36.4 Å². The summed E-state index contributed by atoms with van der Waals surface area (Å²) in [5.74, 6) is -0.753. The van der Waals surface area contributed by atoms with Crippen LogP contribution in [0.3, 0.4) is 0 Å². The second-order valence-electron chi connectivity index (χ2n) is 7.64. The van der Waals surface area contributed by atoms with E-state index in [9.17, 15) is 14.9 Å². The zero-order valence-corrected chi connectivity index (χ0v) is 21.2. The summed E-state index contributed by atoms with van der Waals surface area (Å²) in [6.45, 7) is 2.00. The van der Waals surface area contributed by atoms with E-state index in [0.717, 1.165) is 15.6 Å². The van der Waals surface area contributed by atoms with Gasteiger partial charge in [-0.15, -0.1) is 0 Å². The van der Waals surface area contributed by atoms with Crippen LogP contribution < -0.4 is 10.2 Å². The summed E-state index contributed by atoms with van der Waals surface area (Å²) in [5.41, 5.74) is 3.11. The Morgan fingerprint density at radius 2 is 1.79 bits per heavy atom. The first kappa shape index (κ1) is 24.1. The van der Waals surface area contributed by atoms with Crippen molar-refractivity contribution in [2.24, 2.45) is 0 Å². The molecule has 1 atom stereocenters. The lowest BCUT2D eigenvalue weighted by Gasteiger charge is -2.19. The molecule has 0 bridgehead atoms. The number of carbonyl (C=O) groups is 2. The van der Waals surface area contributed by atoms with E-state index < -0.39 is 11.2 Å². The highest BCUT2D eigenvalue weighted by Crippen LogP contribution is 2.42. The Bertz CT molecular complexity index is 1320. The van der Waals surface area contributed by atoms with Crippen molar-refractivity contribution in [2.75, 3.05) is 10.2 Å². The third-order valence-electron chi connectivity index (χ3n) is 5.36. The van der Waals surface area contributed by atoms with Gasteiger partial charge in [0.2, 0.25) is 5.91 Å². The highest BCUT2D eigenvalue weighted by molar-refractivity contribution is 9.10. The molecule has 0 radical (unpaired) electrons. The number of thioether (sulfide) groups is 1. The van der Waals surface area contributed by atoms with Gasteiger partial charge < -0.3 is 5.32 Å². The number of nitrogens with one attached hydrogen (secondary N) is 1. The maximum atomic E-state index is 13.6. The van der Waals surface area contributed by atoms with Gasteiger partial charge in [0.15, 0.2) is 0 Å². The van der Waals surface area contributed by atoms with Gasteiger partial charge in [0, 0.05) is 20.9 Å². The molecular weight excluding hydrogens is 534 g/mol. The maximum absolute atomic E-state index is 13.6. The quantitative estimate of drug-likeness (QED) is 0.291. The van der Waals surface area contributed by atoms with E-state index in [2.05, 4.69) is 21.2 Å². The van der Waals surface area contributed by atoms with Gasteiger partial charge in [-0.05, 0) is 73.0 Å². The van der Waals surface area contributed by atoms with Gasteiger partial charge in [-0.2, -0.15) is 5.26 Å². The van der Waals surface area contributed by atoms with E-state index in [1.807, 2.05) is 49.4 Å². The van der Waals surface area contributed by atoms with Gasteiger partial charge in [0.1, 0.15) is 16.7 Å². The molecule has 0 unspecified atom stereocenters. The summed E-state index contributed by atoms with van der Waals surface area (Å²) in [4.78, 5) is 28.1. The minimum absolute atomic E-state index is 0.122. The Hall–Kier alpha value is -3.05. The number of amides is 2. The minimum atomic E-state index is -0.584. The zero-order chi connectivity index (χ0) is 24.2. The predicted molar refractivity (Wildman–Crippen MR) is 141 cm³/mol. The van der Waals surface area contributed by atoms with E-state index >= 15 is 0 Å². The van der Waals surface area contributed by atoms with Gasteiger partial charge in [0.05, 0.1) is 5.25 Å². The number of rotatable bonds is 5. The van der Waals surface area contributed by atoms with E-state index in [4.69, 9.17) is 11.6 Å². The fourth-order valence-electron chi connectivity index (χ4n) is 3.58. The van der Waals surface area contributed by atoms with Crippen molar-refractivity contribution < 1.29 is 9.59 Å². The molecule has 1 aliphatic rings. The summed E-state index contributed by atoms with van der Waals surface area (Å²) in [5, 5.41) is 13.1. The minimum Gasteiger partial charge on any atom is -0.321 e. The van der Waals surface area contributed by atoms with Gasteiger partial charge in [-0.25, -0.2) is 0 Å². The van der Waals surface area contributed by atoms with Crippen LogP contribution in [0.15, 0.2) is 87.9 Å². The van der Waals surface area contributed by atoms with Crippen LogP contribution in [0, 0.1) is 18.3 Å². The number of aryl methyl sites for hydroxylation is 1. The number of nitrogens with zero attached hydrogens (tertiary/aromatic N) is 2. The first-order valence-electron chi connectivity index (χ1n) is 10.4. The van der Waals surface area contributed by atoms with Crippen LogP contribution in [-0.4, -0.2) is 17.1 Å². The molecule has 8 heteroatoms. The number of nitriles is 1. The average Bonchev–Trinajstić information content (AvgIpc) is 3.13. The number of carbonyl (C=O) groups excluding carboxylic acids is 2. The Labute approximate surface area is 215 Å². The number of hydrogen-bond donors (Lipinski definition) is 1. The summed E-state index contributed by atoms with van der Waals surface area (Å²) >= 11 is 10.6. The third kappa shape index (κ3) is 5.20. The summed E-state index contributed by atoms with van der Waals surface area (Å²) in [7, 11) is 0. The predicted octanol–water partition coefficient (Wildman–Crippen LogP) is 6.48. The Morgan fingerprint density at radius 3 is 2.44 bits per heavy atom. The van der Waals surface area contributed by atoms with Crippen LogP contribution in [-0.2, 0) is 16.0 Å². The standard InChI is InChI=1S/C26H19BrClN3O2S/c1-16-4-2-3-5-17(16)14-23-25(33)31(21-12-6-18(27)7-13-21)26(34-23)22(15-29)24(32)30-20-10-8-19(28)9-11-20/h2-13,23H,14H2,1H3,(H,30,32)/b26-22-/t23-/m1/s1. The molecule has 0 spiro atoms. The fourth-order valence-corrected chi connectivity index (χ4v) is 5.26. The molecule has 1 fully saturated rings. The van der Waals surface area contributed by atoms with Gasteiger partial charge in [-0.3, -0.25) is 14.5 Å². The lowest BCUT2D eigenvalue weighted by Crippen LogP contribution is -2.31. The van der Waals surface area contributed by atoms with E-state index in [0.29, 0.717) is 27.8 Å². The van der Waals surface area contributed by atoms with Crippen molar-refractivity contribution in [3.63, 3.8) is 0 Å². The smallest absolute Gasteiger partial charge is 0.269 e. The van der Waals surface area contributed by atoms with Crippen LogP contribution in [0.5, 0.6) is 0 Å². The van der Waals surface area contributed by atoms with Crippen molar-refractivity contribution in [1.82, 2.24) is 0 Å². The Kier molecular flexibility index (Phi) is 7.42. The summed E-state index contributed by atoms with van der Waals surface area (Å²) in [6.07, 6.45) is 0.490. The van der Waals surface area contributed by atoms with Gasteiger partial charge >= 0.3 is 0 Å². The SMILES string of the molecule is Cc1ccccc1C[C@H]1S/C(=C(/C#N)C(=O)Nc2ccc(Cl)cc2)N(c2ccc(Br)cc2)C1=O. The van der Waals surface area contributed by atoms with Gasteiger partial charge in [-0.1, -0.05) is 63.6 Å². The molecule has 1 aliphatic heterocycles. The molecule has 4 rings (SSSR count). The lowest BCUT2D eigenvalue weighted by molar-refractivity contribution is -0.117. The van der Waals surface area contributed by atoms with Crippen LogP contribution >= 0.6 is 39.3 Å². The third-order valence-corrected chi connectivity index (χ3v) is 7.40. The Balaban J connectivity index is 1.73. The molecule has 5 nitrogen and oxygen atoms in total. The summed E-state index contributed by atoms with van der Waals surface area (Å²) < 4.78 is 0.860. The van der Waals surface area contributed by atoms with Crippen LogP contribution in [0.2, 0.25) is 5.02 Å². The number of anilines is 2. The van der Waals surface area contributed by atoms with Crippen LogP contribution in [0.1, 0.15) is 11.1 Å². The first-order valence-corrected chi connectivity index (χ1v) is 12.4. The molecule has 1 saturated heterocycles. The molecule has 3 aromatic rings. The molecule has 1 N–H and O–H groups in total. The molecular formula is C26H19BrClN3O2S. The van der Waals surface area contributed by atoms with Crippen molar-refractivity contribution in [2.45, 2.75) is 18.6 Å². The van der Waals surface area contributed by atoms with Crippen LogP contribution in [0.25, 0.3) is 0 Å². The molecule has 0 aromatic heterocycles. The molecule has 0 aliphatic carbocycles. The molecule has 2 amide bonds. The normalized spacial score (nSPS) is 16.8. The van der Waals surface area contributed by atoms with E-state index in [1.165, 1.54) is 16.7 Å². The molecule has 34 heavy (non-hydrogen) atoms. The zero-order valence-electron chi connectivity index (χ0n) is 18.1. The highest BCUT2D eigenvalue weighted by atomic mass is 79.9. The largest absolute Gasteiger partial charge is 0.321 e. The summed E-state index contributed by atoms with van der Waals surface area (Å²) in [6, 6.07) is 23.7. The number of halogens is 2. The molecule has 3 aromatic carbocycles. The first-order chi connectivity index (χ1) is 16.4. The van der Waals surface area contributed by atoms with Crippen molar-refractivity contribution >= 4 is 62.5 Å². The number of hydrogen-bond acceptors (Lipinski definition) is 4. The monoisotopic (exact) mass is 551 g/mol. The Morgan fingerprint density at radius 1 is 1.12 bits per heavy atom. The average molecular weight is 553 g/mol. The topological polar surface area (TPSA) is 73.2 Å².